The summed E-state index contributed by atoms with van der Waals surface area (Å²) in [6.07, 6.45) is 5.38. The van der Waals surface area contributed by atoms with Gasteiger partial charge in [-0.3, -0.25) is 0 Å². The molecule has 26 heavy (non-hydrogen) atoms. The van der Waals surface area contributed by atoms with Crippen LogP contribution in [0.25, 0.3) is 0 Å². The standard InChI is InChI=1S/C16H36N.C2BF5N/c1-5-9-13-17(14-10-6-2,15-11-7-3)16-12-8-4;4-2(5,6)3(7,8)1-9/h5-16H2,1-4H3;/q+1;-1. The summed E-state index contributed by atoms with van der Waals surface area (Å²) in [5, 5.41) is 7.24. The van der Waals surface area contributed by atoms with Crippen LogP contribution in [0.3, 0.4) is 0 Å². The third-order valence-electron chi connectivity index (χ3n) is 4.52. The van der Waals surface area contributed by atoms with E-state index in [4.69, 9.17) is 5.26 Å². The zero-order chi connectivity index (χ0) is 20.7. The highest BCUT2D eigenvalue weighted by atomic mass is 19.4. The second kappa shape index (κ2) is 14.3. The monoisotopic (exact) mass is 386 g/mol. The Labute approximate surface area is 156 Å². The van der Waals surface area contributed by atoms with Gasteiger partial charge in [-0.05, 0) is 25.7 Å². The van der Waals surface area contributed by atoms with Crippen LogP contribution < -0.4 is 0 Å². The van der Waals surface area contributed by atoms with Gasteiger partial charge in [-0.2, -0.15) is 0 Å². The first-order valence-corrected chi connectivity index (χ1v) is 9.90. The lowest BCUT2D eigenvalue weighted by molar-refractivity contribution is -0.929. The van der Waals surface area contributed by atoms with E-state index in [9.17, 15) is 21.8 Å². The SMILES string of the molecule is CCCC[N+](CCCC)(CCCC)CCCC.N#C[B-](F)(F)C(F)(F)F. The van der Waals surface area contributed by atoms with Crippen LogP contribution in [0.2, 0.25) is 0 Å². The summed E-state index contributed by atoms with van der Waals surface area (Å²) in [5.74, 6) is -0.115. The molecule has 0 N–H and O–H groups in total. The van der Waals surface area contributed by atoms with Gasteiger partial charge in [-0.25, -0.2) is 18.4 Å². The van der Waals surface area contributed by atoms with Crippen molar-refractivity contribution < 1.29 is 26.3 Å². The zero-order valence-electron chi connectivity index (χ0n) is 16.8. The van der Waals surface area contributed by atoms with Crippen molar-refractivity contribution in [1.82, 2.24) is 0 Å². The summed E-state index contributed by atoms with van der Waals surface area (Å²) in [6.45, 7) is 9.19. The first-order chi connectivity index (χ1) is 12.1. The lowest BCUT2D eigenvalue weighted by Gasteiger charge is -2.39. The highest BCUT2D eigenvalue weighted by Crippen LogP contribution is 2.29. The molecule has 0 aromatic carbocycles. The molecule has 0 rings (SSSR count). The average molecular weight is 386 g/mol. The smallest absolute Gasteiger partial charge is 0.459 e. The molecule has 0 aliphatic heterocycles. The van der Waals surface area contributed by atoms with E-state index in [2.05, 4.69) is 27.7 Å². The average Bonchev–Trinajstić information content (AvgIpc) is 2.60. The summed E-state index contributed by atoms with van der Waals surface area (Å²) in [7, 11) is 0. The molecule has 0 atom stereocenters. The Morgan fingerprint density at radius 1 is 0.731 bits per heavy atom. The van der Waals surface area contributed by atoms with E-state index in [-0.39, 0.29) is 5.97 Å². The number of rotatable bonds is 12. The molecule has 0 saturated heterocycles. The van der Waals surface area contributed by atoms with E-state index in [1.165, 1.54) is 82.0 Å². The van der Waals surface area contributed by atoms with Crippen LogP contribution in [0.15, 0.2) is 0 Å². The third-order valence-corrected chi connectivity index (χ3v) is 4.52. The Balaban J connectivity index is 0. The first-order valence-electron chi connectivity index (χ1n) is 9.90. The Kier molecular flexibility index (Phi) is 15.0. The number of halogens is 5. The molecule has 0 unspecified atom stereocenters. The first kappa shape index (κ1) is 27.4. The van der Waals surface area contributed by atoms with Crippen LogP contribution in [0, 0.1) is 11.2 Å². The molecule has 0 aliphatic rings. The molecule has 2 nitrogen and oxygen atoms in total. The van der Waals surface area contributed by atoms with Gasteiger partial charge in [0.05, 0.1) is 26.2 Å². The van der Waals surface area contributed by atoms with Crippen LogP contribution in [-0.2, 0) is 0 Å². The Morgan fingerprint density at radius 2 is 1.00 bits per heavy atom. The number of hydrogen-bond acceptors (Lipinski definition) is 1. The largest absolute Gasteiger partial charge is 0.509 e. The van der Waals surface area contributed by atoms with Gasteiger partial charge in [-0.15, -0.1) is 0 Å². The van der Waals surface area contributed by atoms with Gasteiger partial charge < -0.3 is 13.1 Å². The van der Waals surface area contributed by atoms with Crippen molar-refractivity contribution in [2.24, 2.45) is 0 Å². The van der Waals surface area contributed by atoms with Crippen LogP contribution in [0.1, 0.15) is 79.1 Å². The maximum atomic E-state index is 11.2. The van der Waals surface area contributed by atoms with Crippen LogP contribution in [0.5, 0.6) is 0 Å². The molecule has 8 heteroatoms. The number of unbranched alkanes of at least 4 members (excludes halogenated alkanes) is 4. The fourth-order valence-corrected chi connectivity index (χ4v) is 2.72. The summed E-state index contributed by atoms with van der Waals surface area (Å²) >= 11 is 0. The summed E-state index contributed by atoms with van der Waals surface area (Å²) in [4.78, 5) is 0. The number of nitriles is 1. The van der Waals surface area contributed by atoms with Crippen molar-refractivity contribution in [1.29, 1.82) is 5.26 Å². The van der Waals surface area contributed by atoms with Crippen molar-refractivity contribution in [2.45, 2.75) is 85.1 Å². The maximum absolute atomic E-state index is 11.2. The van der Waals surface area contributed by atoms with E-state index >= 15 is 0 Å². The quantitative estimate of drug-likeness (QED) is 0.212. The lowest BCUT2D eigenvalue weighted by Crippen LogP contribution is -2.50. The van der Waals surface area contributed by atoms with Gasteiger partial charge in [0.1, 0.15) is 0 Å². The molecule has 0 radical (unpaired) electrons. The highest BCUT2D eigenvalue weighted by Gasteiger charge is 2.52. The highest BCUT2D eigenvalue weighted by molar-refractivity contribution is 6.75. The fourth-order valence-electron chi connectivity index (χ4n) is 2.72. The van der Waals surface area contributed by atoms with E-state index < -0.39 is 12.8 Å². The normalized spacial score (nSPS) is 12.3. The van der Waals surface area contributed by atoms with Gasteiger partial charge >= 0.3 is 12.8 Å². The number of quaternary nitrogens is 1. The maximum Gasteiger partial charge on any atom is 0.509 e. The van der Waals surface area contributed by atoms with Crippen molar-refractivity contribution in [2.75, 3.05) is 26.2 Å². The van der Waals surface area contributed by atoms with Crippen molar-refractivity contribution in [3.63, 3.8) is 0 Å². The van der Waals surface area contributed by atoms with E-state index in [1.54, 1.807) is 0 Å². The second-order valence-corrected chi connectivity index (χ2v) is 6.98. The van der Waals surface area contributed by atoms with Gasteiger partial charge in [0, 0.05) is 0 Å². The predicted molar refractivity (Wildman–Crippen MR) is 99.0 cm³/mol. The molecule has 0 bridgehead atoms. The molecular formula is C18H36BF5N2. The second-order valence-electron chi connectivity index (χ2n) is 6.98. The van der Waals surface area contributed by atoms with Crippen LogP contribution in [0.4, 0.5) is 21.8 Å². The topological polar surface area (TPSA) is 23.8 Å². The van der Waals surface area contributed by atoms with Gasteiger partial charge in [0.2, 0.25) is 0 Å². The minimum atomic E-state index is -5.83. The van der Waals surface area contributed by atoms with E-state index in [0.717, 1.165) is 0 Å². The molecule has 0 fully saturated rings. The summed E-state index contributed by atoms with van der Waals surface area (Å²) in [5.41, 5.74) is 0. The Hall–Kier alpha value is -0.835. The molecule has 0 spiro atoms. The predicted octanol–water partition coefficient (Wildman–Crippen LogP) is 6.54. The summed E-state index contributed by atoms with van der Waals surface area (Å²) < 4.78 is 56.6. The Morgan fingerprint density at radius 3 is 1.12 bits per heavy atom. The van der Waals surface area contributed by atoms with Crippen molar-refractivity contribution in [3.05, 3.63) is 0 Å². The lowest BCUT2D eigenvalue weighted by atomic mass is 9.66. The molecule has 0 aromatic heterocycles. The van der Waals surface area contributed by atoms with Crippen LogP contribution in [-0.4, -0.2) is 43.4 Å². The molecule has 156 valence electrons. The van der Waals surface area contributed by atoms with Gasteiger partial charge in [0.25, 0.3) is 0 Å². The van der Waals surface area contributed by atoms with Crippen LogP contribution >= 0.6 is 0 Å². The molecule has 0 amide bonds. The van der Waals surface area contributed by atoms with Crippen molar-refractivity contribution in [3.8, 4) is 5.97 Å². The minimum Gasteiger partial charge on any atom is -0.459 e. The molecular weight excluding hydrogens is 350 g/mol. The molecule has 0 aliphatic carbocycles. The summed E-state index contributed by atoms with van der Waals surface area (Å²) in [6, 6.07) is 0. The number of hydrogen-bond donors (Lipinski definition) is 0. The minimum absolute atomic E-state index is 0.115. The number of alkyl halides is 3. The molecule has 0 saturated carbocycles. The molecule has 0 heterocycles. The molecule has 0 aromatic rings. The zero-order valence-corrected chi connectivity index (χ0v) is 16.8. The fraction of sp³-hybridized carbons (Fsp3) is 0.944. The Bertz CT molecular complexity index is 343. The van der Waals surface area contributed by atoms with Crippen molar-refractivity contribution >= 4 is 6.70 Å². The van der Waals surface area contributed by atoms with Gasteiger partial charge in [0.15, 0.2) is 0 Å². The number of nitrogens with zero attached hydrogens (tertiary/aromatic N) is 2. The third kappa shape index (κ3) is 11.7. The van der Waals surface area contributed by atoms with Gasteiger partial charge in [-0.1, -0.05) is 59.3 Å². The van der Waals surface area contributed by atoms with E-state index in [0.29, 0.717) is 0 Å². The van der Waals surface area contributed by atoms with E-state index in [1.807, 2.05) is 0 Å².